The van der Waals surface area contributed by atoms with Gasteiger partial charge in [0.2, 0.25) is 6.79 Å². The highest BCUT2D eigenvalue weighted by atomic mass is 35.5. The first kappa shape index (κ1) is 21.8. The van der Waals surface area contributed by atoms with Gasteiger partial charge in [0.1, 0.15) is 5.76 Å². The van der Waals surface area contributed by atoms with Gasteiger partial charge in [0.25, 0.3) is 11.7 Å². The molecule has 9 heteroatoms. The summed E-state index contributed by atoms with van der Waals surface area (Å²) in [6, 6.07) is 11.2. The number of fused-ring (bicyclic) bond motifs is 1. The number of rotatable bonds is 5. The van der Waals surface area contributed by atoms with E-state index in [0.29, 0.717) is 54.0 Å². The molecule has 172 valence electrons. The Morgan fingerprint density at radius 2 is 1.82 bits per heavy atom. The molecule has 5 rings (SSSR count). The van der Waals surface area contributed by atoms with E-state index in [9.17, 15) is 14.7 Å². The summed E-state index contributed by atoms with van der Waals surface area (Å²) in [5, 5.41) is 11.7. The van der Waals surface area contributed by atoms with Crippen molar-refractivity contribution in [3.63, 3.8) is 0 Å². The fraction of sp³-hybridized carbons (Fsp3) is 0.333. The van der Waals surface area contributed by atoms with E-state index in [0.717, 1.165) is 13.1 Å². The van der Waals surface area contributed by atoms with Crippen LogP contribution in [0.25, 0.3) is 5.76 Å². The van der Waals surface area contributed by atoms with Crippen LogP contribution in [0.3, 0.4) is 0 Å². The van der Waals surface area contributed by atoms with E-state index in [2.05, 4.69) is 4.90 Å². The number of halogens is 1. The number of ether oxygens (including phenoxy) is 3. The summed E-state index contributed by atoms with van der Waals surface area (Å²) in [7, 11) is 0. The molecule has 0 aliphatic carbocycles. The standard InChI is InChI=1S/C24H23ClN2O6/c25-17-3-1-2-15(12-17)21-20(22(28)16-4-5-18-19(13-16)33-14-32-18)23(29)24(30)27(21)7-6-26-8-10-31-11-9-26/h1-5,12-13,21,28H,6-11,14H2/b22-20+. The molecule has 1 amide bonds. The number of aliphatic hydroxyl groups is 1. The van der Waals surface area contributed by atoms with Gasteiger partial charge in [0.15, 0.2) is 11.5 Å². The number of amides is 1. The van der Waals surface area contributed by atoms with Gasteiger partial charge in [-0.2, -0.15) is 0 Å². The number of hydrogen-bond acceptors (Lipinski definition) is 7. The number of likely N-dealkylation sites (tertiary alicyclic amines) is 1. The lowest BCUT2D eigenvalue weighted by Gasteiger charge is -2.31. The Labute approximate surface area is 195 Å². The highest BCUT2D eigenvalue weighted by Crippen LogP contribution is 2.41. The Morgan fingerprint density at radius 1 is 1.03 bits per heavy atom. The van der Waals surface area contributed by atoms with Gasteiger partial charge in [0.05, 0.1) is 24.8 Å². The van der Waals surface area contributed by atoms with Crippen LogP contribution in [0, 0.1) is 0 Å². The first-order valence-corrected chi connectivity index (χ1v) is 11.1. The number of hydrogen-bond donors (Lipinski definition) is 1. The predicted octanol–water partition coefficient (Wildman–Crippen LogP) is 2.82. The average molecular weight is 471 g/mol. The monoisotopic (exact) mass is 470 g/mol. The van der Waals surface area contributed by atoms with Crippen molar-refractivity contribution in [2.75, 3.05) is 46.2 Å². The minimum absolute atomic E-state index is 0.0307. The first-order valence-electron chi connectivity index (χ1n) is 10.8. The van der Waals surface area contributed by atoms with Crippen molar-refractivity contribution >= 4 is 29.1 Å². The van der Waals surface area contributed by atoms with Crippen LogP contribution in [-0.4, -0.2) is 72.8 Å². The molecule has 8 nitrogen and oxygen atoms in total. The summed E-state index contributed by atoms with van der Waals surface area (Å²) < 4.78 is 16.1. The van der Waals surface area contributed by atoms with Gasteiger partial charge in [-0.05, 0) is 35.9 Å². The lowest BCUT2D eigenvalue weighted by atomic mass is 9.95. The molecule has 1 unspecified atom stereocenters. The van der Waals surface area contributed by atoms with Crippen LogP contribution in [0.1, 0.15) is 17.2 Å². The lowest BCUT2D eigenvalue weighted by molar-refractivity contribution is -0.140. The van der Waals surface area contributed by atoms with Crippen molar-refractivity contribution < 1.29 is 28.9 Å². The van der Waals surface area contributed by atoms with Gasteiger partial charge in [-0.15, -0.1) is 0 Å². The van der Waals surface area contributed by atoms with Crippen molar-refractivity contribution in [1.82, 2.24) is 9.80 Å². The van der Waals surface area contributed by atoms with Crippen molar-refractivity contribution in [2.24, 2.45) is 0 Å². The molecular formula is C24H23ClN2O6. The summed E-state index contributed by atoms with van der Waals surface area (Å²) in [6.07, 6.45) is 0. The molecule has 1 atom stereocenters. The van der Waals surface area contributed by atoms with Crippen LogP contribution in [0.15, 0.2) is 48.0 Å². The minimum Gasteiger partial charge on any atom is -0.507 e. The molecule has 2 saturated heterocycles. The average Bonchev–Trinajstić information content (AvgIpc) is 3.40. The fourth-order valence-corrected chi connectivity index (χ4v) is 4.61. The van der Waals surface area contributed by atoms with Gasteiger partial charge < -0.3 is 24.2 Å². The number of nitrogens with zero attached hydrogens (tertiary/aromatic N) is 2. The minimum atomic E-state index is -0.754. The summed E-state index contributed by atoms with van der Waals surface area (Å²) in [5.74, 6) is -0.595. The second-order valence-electron chi connectivity index (χ2n) is 8.07. The van der Waals surface area contributed by atoms with Gasteiger partial charge in [0, 0.05) is 36.8 Å². The lowest BCUT2D eigenvalue weighted by Crippen LogP contribution is -2.42. The van der Waals surface area contributed by atoms with E-state index in [1.165, 1.54) is 4.90 Å². The van der Waals surface area contributed by atoms with Gasteiger partial charge in [-0.25, -0.2) is 0 Å². The summed E-state index contributed by atoms with van der Waals surface area (Å²) in [4.78, 5) is 29.9. The quantitative estimate of drug-likeness (QED) is 0.408. The van der Waals surface area contributed by atoms with Crippen molar-refractivity contribution in [1.29, 1.82) is 0 Å². The number of aliphatic hydroxyl groups excluding tert-OH is 1. The number of carbonyl (C=O) groups is 2. The number of morpholine rings is 1. The first-order chi connectivity index (χ1) is 16.0. The molecule has 0 bridgehead atoms. The third-order valence-corrected chi connectivity index (χ3v) is 6.35. The third kappa shape index (κ3) is 4.17. The number of benzene rings is 2. The molecule has 0 spiro atoms. The SMILES string of the molecule is O=C1C(=O)N(CCN2CCOCC2)C(c2cccc(Cl)c2)/C1=C(\O)c1ccc2c(c1)OCO2. The van der Waals surface area contributed by atoms with E-state index in [4.69, 9.17) is 25.8 Å². The second kappa shape index (κ2) is 9.05. The molecular weight excluding hydrogens is 448 g/mol. The van der Waals surface area contributed by atoms with E-state index >= 15 is 0 Å². The Bertz CT molecular complexity index is 1130. The topological polar surface area (TPSA) is 88.5 Å². The summed E-state index contributed by atoms with van der Waals surface area (Å²) >= 11 is 6.23. The molecule has 3 aliphatic heterocycles. The van der Waals surface area contributed by atoms with Gasteiger partial charge in [-0.3, -0.25) is 14.5 Å². The van der Waals surface area contributed by atoms with Crippen molar-refractivity contribution in [3.8, 4) is 11.5 Å². The van der Waals surface area contributed by atoms with Crippen LogP contribution >= 0.6 is 11.6 Å². The Hall–Kier alpha value is -3.07. The predicted molar refractivity (Wildman–Crippen MR) is 120 cm³/mol. The second-order valence-corrected chi connectivity index (χ2v) is 8.51. The molecule has 0 aromatic heterocycles. The summed E-state index contributed by atoms with van der Waals surface area (Å²) in [5.41, 5.74) is 1.06. The Morgan fingerprint density at radius 3 is 2.61 bits per heavy atom. The smallest absolute Gasteiger partial charge is 0.295 e. The van der Waals surface area contributed by atoms with Crippen LogP contribution in [0.5, 0.6) is 11.5 Å². The van der Waals surface area contributed by atoms with Crippen LogP contribution in [-0.2, 0) is 14.3 Å². The van der Waals surface area contributed by atoms with Crippen molar-refractivity contribution in [3.05, 3.63) is 64.2 Å². The summed E-state index contributed by atoms with van der Waals surface area (Å²) in [6.45, 7) is 3.83. The van der Waals surface area contributed by atoms with Gasteiger partial charge in [-0.1, -0.05) is 23.7 Å². The zero-order valence-electron chi connectivity index (χ0n) is 17.8. The van der Waals surface area contributed by atoms with Crippen molar-refractivity contribution in [2.45, 2.75) is 6.04 Å². The van der Waals surface area contributed by atoms with E-state index in [-0.39, 0.29) is 18.1 Å². The molecule has 0 saturated carbocycles. The Balaban J connectivity index is 1.54. The maximum absolute atomic E-state index is 13.2. The molecule has 33 heavy (non-hydrogen) atoms. The third-order valence-electron chi connectivity index (χ3n) is 6.11. The highest BCUT2D eigenvalue weighted by Gasteiger charge is 2.46. The Kier molecular flexibility index (Phi) is 5.97. The van der Waals surface area contributed by atoms with E-state index in [1.54, 1.807) is 42.5 Å². The molecule has 2 fully saturated rings. The highest BCUT2D eigenvalue weighted by molar-refractivity contribution is 6.46. The van der Waals surface area contributed by atoms with Crippen LogP contribution in [0.2, 0.25) is 5.02 Å². The van der Waals surface area contributed by atoms with Crippen LogP contribution < -0.4 is 9.47 Å². The number of ketones is 1. The molecule has 0 radical (unpaired) electrons. The van der Waals surface area contributed by atoms with Crippen LogP contribution in [0.4, 0.5) is 0 Å². The number of Topliss-reactive ketones (excluding diaryl/α,β-unsaturated/α-hetero) is 1. The number of carbonyl (C=O) groups excluding carboxylic acids is 2. The maximum atomic E-state index is 13.2. The molecule has 2 aromatic rings. The zero-order valence-corrected chi connectivity index (χ0v) is 18.6. The largest absolute Gasteiger partial charge is 0.507 e. The molecule has 3 aliphatic rings. The normalized spacial score (nSPS) is 22.2. The molecule has 3 heterocycles. The molecule has 2 aromatic carbocycles. The van der Waals surface area contributed by atoms with E-state index in [1.807, 2.05) is 0 Å². The van der Waals surface area contributed by atoms with E-state index < -0.39 is 17.7 Å². The van der Waals surface area contributed by atoms with Gasteiger partial charge >= 0.3 is 0 Å². The fourth-order valence-electron chi connectivity index (χ4n) is 4.41. The maximum Gasteiger partial charge on any atom is 0.295 e. The zero-order chi connectivity index (χ0) is 22.9. The molecule has 1 N–H and O–H groups in total.